The molecule has 58 heavy (non-hydrogen) atoms. The Bertz CT molecular complexity index is 3500. The lowest BCUT2D eigenvalue weighted by Gasteiger charge is -2.26. The maximum atomic E-state index is 6.18. The van der Waals surface area contributed by atoms with Crippen molar-refractivity contribution in [3.8, 4) is 22.5 Å². The van der Waals surface area contributed by atoms with Gasteiger partial charge in [0.2, 0.25) is 0 Å². The smallest absolute Gasteiger partial charge is 0.135 e. The van der Waals surface area contributed by atoms with Gasteiger partial charge in [0.1, 0.15) is 11.2 Å². The summed E-state index contributed by atoms with van der Waals surface area (Å²) in [4.78, 5) is 2.32. The largest absolute Gasteiger partial charge is 0.456 e. The van der Waals surface area contributed by atoms with Crippen molar-refractivity contribution in [3.63, 3.8) is 0 Å². The Morgan fingerprint density at radius 3 is 1.40 bits per heavy atom. The summed E-state index contributed by atoms with van der Waals surface area (Å²) >= 11 is 0. The van der Waals surface area contributed by atoms with Gasteiger partial charge in [0.15, 0.2) is 0 Å². The minimum atomic E-state index is 0.888. The molecular formula is C54H35N3O. The van der Waals surface area contributed by atoms with Crippen LogP contribution in [0.3, 0.4) is 0 Å². The van der Waals surface area contributed by atoms with Crippen molar-refractivity contribution in [3.05, 3.63) is 212 Å². The van der Waals surface area contributed by atoms with E-state index in [4.69, 9.17) is 4.42 Å². The average Bonchev–Trinajstić information content (AvgIpc) is 3.94. The molecule has 4 nitrogen and oxygen atoms in total. The van der Waals surface area contributed by atoms with E-state index in [1.54, 1.807) is 0 Å². The first-order valence-corrected chi connectivity index (χ1v) is 19.8. The highest BCUT2D eigenvalue weighted by atomic mass is 16.3. The van der Waals surface area contributed by atoms with E-state index in [9.17, 15) is 0 Å². The van der Waals surface area contributed by atoms with Gasteiger partial charge >= 0.3 is 0 Å². The molecule has 0 radical (unpaired) electrons. The monoisotopic (exact) mass is 741 g/mol. The van der Waals surface area contributed by atoms with Crippen molar-refractivity contribution in [2.75, 3.05) is 4.90 Å². The van der Waals surface area contributed by atoms with Gasteiger partial charge in [-0.2, -0.15) is 0 Å². The zero-order valence-corrected chi connectivity index (χ0v) is 31.5. The summed E-state index contributed by atoms with van der Waals surface area (Å²) in [6, 6.07) is 76.2. The minimum Gasteiger partial charge on any atom is -0.456 e. The lowest BCUT2D eigenvalue weighted by Crippen LogP contribution is -2.09. The van der Waals surface area contributed by atoms with Crippen LogP contribution >= 0.6 is 0 Å². The van der Waals surface area contributed by atoms with Crippen LogP contribution in [0.5, 0.6) is 0 Å². The van der Waals surface area contributed by atoms with Crippen LogP contribution in [-0.2, 0) is 0 Å². The van der Waals surface area contributed by atoms with Crippen molar-refractivity contribution in [1.82, 2.24) is 9.13 Å². The Morgan fingerprint density at radius 2 is 0.759 bits per heavy atom. The van der Waals surface area contributed by atoms with Crippen LogP contribution in [0.1, 0.15) is 0 Å². The third-order valence-corrected chi connectivity index (χ3v) is 11.7. The van der Waals surface area contributed by atoms with E-state index in [2.05, 4.69) is 214 Å². The van der Waals surface area contributed by atoms with Crippen molar-refractivity contribution in [2.24, 2.45) is 0 Å². The van der Waals surface area contributed by atoms with Gasteiger partial charge in [0, 0.05) is 60.8 Å². The van der Waals surface area contributed by atoms with Crippen molar-refractivity contribution in [1.29, 1.82) is 0 Å². The first kappa shape index (κ1) is 32.4. The molecule has 0 unspecified atom stereocenters. The molecule has 0 bridgehead atoms. The molecular weight excluding hydrogens is 707 g/mol. The van der Waals surface area contributed by atoms with E-state index < -0.39 is 0 Å². The maximum absolute atomic E-state index is 6.18. The molecule has 0 aliphatic rings. The normalized spacial score (nSPS) is 11.8. The first-order chi connectivity index (χ1) is 28.8. The third kappa shape index (κ3) is 5.02. The molecule has 272 valence electrons. The van der Waals surface area contributed by atoms with Crippen molar-refractivity contribution >= 4 is 82.6 Å². The van der Waals surface area contributed by atoms with Gasteiger partial charge in [-0.25, -0.2) is 0 Å². The molecule has 0 aliphatic carbocycles. The molecule has 3 aromatic heterocycles. The van der Waals surface area contributed by atoms with Gasteiger partial charge in [0.25, 0.3) is 0 Å². The molecule has 3 heterocycles. The minimum absolute atomic E-state index is 0.888. The SMILES string of the molecule is c1ccc(N(c2ccc(-n3c4ccccc4c4cc(-c5ccc6c(c5)c5ccccc5n6-c5ccccc5)ccc43)cc2)c2ccc3oc4ccccc4c3c2)cc1. The zero-order valence-electron chi connectivity index (χ0n) is 31.5. The lowest BCUT2D eigenvalue weighted by molar-refractivity contribution is 0.669. The molecule has 0 atom stereocenters. The van der Waals surface area contributed by atoms with E-state index >= 15 is 0 Å². The van der Waals surface area contributed by atoms with Gasteiger partial charge in [-0.3, -0.25) is 0 Å². The van der Waals surface area contributed by atoms with Gasteiger partial charge in [-0.05, 0) is 120 Å². The average molecular weight is 742 g/mol. The van der Waals surface area contributed by atoms with Crippen LogP contribution < -0.4 is 4.90 Å². The number of benzene rings is 9. The number of nitrogens with zero attached hydrogens (tertiary/aromatic N) is 3. The Hall–Kier alpha value is -7.82. The molecule has 0 spiro atoms. The maximum Gasteiger partial charge on any atom is 0.135 e. The van der Waals surface area contributed by atoms with Gasteiger partial charge < -0.3 is 18.5 Å². The fourth-order valence-corrected chi connectivity index (χ4v) is 9.07. The molecule has 0 saturated carbocycles. The first-order valence-electron chi connectivity index (χ1n) is 19.8. The second kappa shape index (κ2) is 12.9. The van der Waals surface area contributed by atoms with Gasteiger partial charge in [0.05, 0.1) is 22.1 Å². The van der Waals surface area contributed by atoms with E-state index in [0.717, 1.165) is 44.7 Å². The molecule has 0 fully saturated rings. The van der Waals surface area contributed by atoms with Crippen LogP contribution in [0.25, 0.3) is 88.1 Å². The number of hydrogen-bond acceptors (Lipinski definition) is 2. The van der Waals surface area contributed by atoms with Gasteiger partial charge in [-0.1, -0.05) is 103 Å². The number of fused-ring (bicyclic) bond motifs is 9. The summed E-state index contributed by atoms with van der Waals surface area (Å²) in [6.45, 7) is 0. The second-order valence-corrected chi connectivity index (χ2v) is 15.0. The van der Waals surface area contributed by atoms with E-state index in [1.807, 2.05) is 12.1 Å². The summed E-state index contributed by atoms with van der Waals surface area (Å²) in [5.74, 6) is 0. The second-order valence-electron chi connectivity index (χ2n) is 15.0. The summed E-state index contributed by atoms with van der Waals surface area (Å²) in [5, 5.41) is 7.20. The lowest BCUT2D eigenvalue weighted by atomic mass is 10.0. The van der Waals surface area contributed by atoms with Crippen LogP contribution in [-0.4, -0.2) is 9.13 Å². The summed E-state index contributed by atoms with van der Waals surface area (Å²) in [5.41, 5.74) is 14.5. The highest BCUT2D eigenvalue weighted by Gasteiger charge is 2.18. The van der Waals surface area contributed by atoms with E-state index in [0.29, 0.717) is 0 Å². The molecule has 0 aliphatic heterocycles. The topological polar surface area (TPSA) is 26.2 Å². The fraction of sp³-hybridized carbons (Fsp3) is 0. The summed E-state index contributed by atoms with van der Waals surface area (Å²) in [6.07, 6.45) is 0. The number of hydrogen-bond donors (Lipinski definition) is 0. The van der Waals surface area contributed by atoms with Crippen molar-refractivity contribution < 1.29 is 4.42 Å². The van der Waals surface area contributed by atoms with Crippen LogP contribution in [0.15, 0.2) is 217 Å². The highest BCUT2D eigenvalue weighted by Crippen LogP contribution is 2.41. The zero-order chi connectivity index (χ0) is 38.2. The van der Waals surface area contributed by atoms with Gasteiger partial charge in [-0.15, -0.1) is 0 Å². The van der Waals surface area contributed by atoms with Crippen molar-refractivity contribution in [2.45, 2.75) is 0 Å². The summed E-state index contributed by atoms with van der Waals surface area (Å²) in [7, 11) is 0. The number of aromatic nitrogens is 2. The van der Waals surface area contributed by atoms with Crippen LogP contribution in [0.2, 0.25) is 0 Å². The Morgan fingerprint density at radius 1 is 0.293 bits per heavy atom. The molecule has 12 aromatic rings. The van der Waals surface area contributed by atoms with E-state index in [1.165, 1.54) is 60.4 Å². The van der Waals surface area contributed by atoms with Crippen LogP contribution in [0.4, 0.5) is 17.1 Å². The molecule has 12 rings (SSSR count). The fourth-order valence-electron chi connectivity index (χ4n) is 9.07. The Kier molecular flexibility index (Phi) is 7.20. The summed E-state index contributed by atoms with van der Waals surface area (Å²) < 4.78 is 10.9. The number of para-hydroxylation sites is 5. The molecule has 0 saturated heterocycles. The molecule has 0 N–H and O–H groups in total. The highest BCUT2D eigenvalue weighted by molar-refractivity contribution is 6.13. The Labute approximate surface area is 334 Å². The Balaban J connectivity index is 0.964. The van der Waals surface area contributed by atoms with Crippen LogP contribution in [0, 0.1) is 0 Å². The number of furan rings is 1. The quantitative estimate of drug-likeness (QED) is 0.170. The third-order valence-electron chi connectivity index (χ3n) is 11.7. The number of anilines is 3. The van der Waals surface area contributed by atoms with E-state index in [-0.39, 0.29) is 0 Å². The predicted octanol–water partition coefficient (Wildman–Crippen LogP) is 14.9. The molecule has 4 heteroatoms. The standard InChI is InChI=1S/C54H35N3O/c1-3-13-38(14-4-1)55(42-29-32-54-48(35-42)45-19-9-12-22-53(45)58-54)40-25-27-41(28-26-40)57-50-21-11-8-18-44(50)47-34-37(24-31-52(47)57)36-23-30-51-46(33-36)43-17-7-10-20-49(43)56(51)39-15-5-2-6-16-39/h1-35H. The molecule has 9 aromatic carbocycles. The molecule has 0 amide bonds. The predicted molar refractivity (Wildman–Crippen MR) is 243 cm³/mol. The number of rotatable bonds is 6.